The molecule has 4 unspecified atom stereocenters. The van der Waals surface area contributed by atoms with Crippen LogP contribution in [0.4, 0.5) is 0 Å². The molecule has 0 N–H and O–H groups in total. The van der Waals surface area contributed by atoms with Crippen LogP contribution in [0.3, 0.4) is 0 Å². The third-order valence-electron chi connectivity index (χ3n) is 4.36. The van der Waals surface area contributed by atoms with Crippen LogP contribution in [0.25, 0.3) is 0 Å². The first-order chi connectivity index (χ1) is 17.6. The summed E-state index contributed by atoms with van der Waals surface area (Å²) in [5.41, 5.74) is 6.15. The second kappa shape index (κ2) is 11.6. The van der Waals surface area contributed by atoms with E-state index in [1.807, 2.05) is 0 Å². The fourth-order valence-electron chi connectivity index (χ4n) is 2.84. The molecular weight excluding hydrogens is 593 g/mol. The minimum absolute atomic E-state index is 1.01. The zero-order valence-electron chi connectivity index (χ0n) is 19.0. The zero-order valence-corrected chi connectivity index (χ0v) is 25.0. The smallest absolute Gasteiger partial charge is 0.373 e. The van der Waals surface area contributed by atoms with Crippen LogP contribution in [-0.2, 0) is 48.0 Å². The predicted molar refractivity (Wildman–Crippen MR) is 136 cm³/mol. The number of rotatable bonds is 10. The van der Waals surface area contributed by atoms with Gasteiger partial charge in [-0.1, -0.05) is 0 Å². The number of hydrogen-bond acceptors (Lipinski definition) is 15. The molecule has 0 spiro atoms. The monoisotopic (exact) mass is 610 g/mol. The molecular formula is C16H18N4O11Si6. The van der Waals surface area contributed by atoms with E-state index in [-0.39, 0.29) is 0 Å². The number of nitrogens with zero attached hydrogens (tertiary/aromatic N) is 4. The Morgan fingerprint density at radius 2 is 0.649 bits per heavy atom. The average molecular weight is 611 g/mol. The summed E-state index contributed by atoms with van der Waals surface area (Å²) in [6.45, 7) is 21.7. The minimum atomic E-state index is -4.56. The Hall–Kier alpha value is -3.02. The second-order valence-electron chi connectivity index (χ2n) is 6.48. The van der Waals surface area contributed by atoms with Crippen LogP contribution >= 0.6 is 0 Å². The van der Waals surface area contributed by atoms with Crippen molar-refractivity contribution in [3.05, 3.63) is 73.7 Å². The van der Waals surface area contributed by atoms with E-state index in [2.05, 4.69) is 58.1 Å². The van der Waals surface area contributed by atoms with Gasteiger partial charge in [0.1, 0.15) is 0 Å². The van der Waals surface area contributed by atoms with E-state index in [0.29, 0.717) is 0 Å². The Balaban J connectivity index is 3.07. The highest BCUT2D eigenvalue weighted by Crippen LogP contribution is 2.40. The van der Waals surface area contributed by atoms with E-state index in [4.69, 9.17) is 28.8 Å². The summed E-state index contributed by atoms with van der Waals surface area (Å²) in [6.07, 6.45) is 5.20. The molecule has 2 aliphatic heterocycles. The van der Waals surface area contributed by atoms with E-state index >= 15 is 0 Å². The van der Waals surface area contributed by atoms with Crippen LogP contribution in [0.1, 0.15) is 0 Å². The summed E-state index contributed by atoms with van der Waals surface area (Å²) < 4.78 is 56.9. The lowest BCUT2D eigenvalue weighted by Gasteiger charge is -2.49. The van der Waals surface area contributed by atoms with Gasteiger partial charge in [-0.2, -0.15) is 18.6 Å². The van der Waals surface area contributed by atoms with Crippen molar-refractivity contribution < 1.29 is 48.0 Å². The molecule has 192 valence electrons. The van der Waals surface area contributed by atoms with Gasteiger partial charge in [0.25, 0.3) is 0 Å². The summed E-state index contributed by atoms with van der Waals surface area (Å²) in [7, 11) is -26.8. The van der Waals surface area contributed by atoms with Gasteiger partial charge in [-0.15, -0.1) is 39.5 Å². The van der Waals surface area contributed by atoms with Gasteiger partial charge in [0.05, 0.1) is 0 Å². The number of hydrogen-bond donors (Lipinski definition) is 0. The van der Waals surface area contributed by atoms with Crippen molar-refractivity contribution in [2.75, 3.05) is 0 Å². The van der Waals surface area contributed by atoms with Crippen molar-refractivity contribution in [1.82, 2.24) is 0 Å². The summed E-state index contributed by atoms with van der Waals surface area (Å²) in [6, 6.07) is 0. The fraction of sp³-hybridized carbons (Fsp3) is 0. The molecule has 0 saturated carbocycles. The molecule has 0 radical (unpaired) electrons. The Morgan fingerprint density at radius 3 is 0.811 bits per heavy atom. The third kappa shape index (κ3) is 5.94. The average Bonchev–Trinajstić information content (AvgIpc) is 2.87. The Bertz CT molecular complexity index is 1060. The highest BCUT2D eigenvalue weighted by atomic mass is 28.6. The first-order valence-electron chi connectivity index (χ1n) is 9.64. The van der Waals surface area contributed by atoms with Crippen LogP contribution in [0.2, 0.25) is 0 Å². The van der Waals surface area contributed by atoms with Crippen molar-refractivity contribution in [1.29, 1.82) is 0 Å². The topological polar surface area (TPSA) is 182 Å². The highest BCUT2D eigenvalue weighted by molar-refractivity contribution is 7.02. The summed E-state index contributed by atoms with van der Waals surface area (Å²) in [5.74, 6) is 0. The van der Waals surface area contributed by atoms with Gasteiger partial charge < -0.3 is 28.8 Å². The normalized spacial score (nSPS) is 38.8. The second-order valence-corrected chi connectivity index (χ2v) is 23.0. The molecule has 0 aromatic heterocycles. The molecule has 4 atom stereocenters. The molecule has 2 bridgehead atoms. The number of fused-ring (bicyclic) bond motifs is 2. The fourth-order valence-corrected chi connectivity index (χ4v) is 26.7. The SMILES string of the molecule is C=C[Si]1(N=C=O)O[Si](C=C)(N=C=O)O[Si]2(C=C)O[Si](C=C)(N=C=O)O[Si](C=C)(N=C=O)O[Si](C=C)(O1)O2. The third-order valence-corrected chi connectivity index (χ3v) is 25.2. The molecule has 0 amide bonds. The van der Waals surface area contributed by atoms with Crippen molar-refractivity contribution in [2.45, 2.75) is 0 Å². The maximum absolute atomic E-state index is 11.4. The molecule has 21 heteroatoms. The summed E-state index contributed by atoms with van der Waals surface area (Å²) in [5, 5.41) is 0. The molecule has 0 aromatic rings. The van der Waals surface area contributed by atoms with Crippen LogP contribution in [-0.4, -0.2) is 76.8 Å². The Kier molecular flexibility index (Phi) is 9.45. The maximum Gasteiger partial charge on any atom is 0.506 e. The van der Waals surface area contributed by atoms with Crippen LogP contribution in [0.5, 0.6) is 0 Å². The van der Waals surface area contributed by atoms with Crippen LogP contribution in [0.15, 0.2) is 92.3 Å². The van der Waals surface area contributed by atoms with Gasteiger partial charge in [-0.05, 0) is 34.2 Å². The molecule has 0 aliphatic carbocycles. The number of isocyanates is 4. The van der Waals surface area contributed by atoms with Gasteiger partial charge in [0, 0.05) is 0 Å². The molecule has 0 aromatic carbocycles. The zero-order chi connectivity index (χ0) is 27.8. The van der Waals surface area contributed by atoms with E-state index in [9.17, 15) is 19.2 Å². The van der Waals surface area contributed by atoms with Gasteiger partial charge >= 0.3 is 52.5 Å². The van der Waals surface area contributed by atoms with Crippen molar-refractivity contribution in [2.24, 2.45) is 18.6 Å². The van der Waals surface area contributed by atoms with Crippen LogP contribution < -0.4 is 0 Å². The van der Waals surface area contributed by atoms with E-state index < -0.39 is 52.5 Å². The molecule has 2 rings (SSSR count). The summed E-state index contributed by atoms with van der Waals surface area (Å²) >= 11 is 0. The molecule has 2 aliphatic rings. The number of carbonyl (C=O) groups excluding carboxylic acids is 4. The molecule has 37 heavy (non-hydrogen) atoms. The van der Waals surface area contributed by atoms with Gasteiger partial charge in [0.2, 0.25) is 24.3 Å². The first-order valence-corrected chi connectivity index (χ1v) is 20.6. The lowest BCUT2D eigenvalue weighted by Crippen LogP contribution is -2.76. The van der Waals surface area contributed by atoms with Crippen molar-refractivity contribution >= 4 is 76.8 Å². The lowest BCUT2D eigenvalue weighted by molar-refractivity contribution is 0.121. The predicted octanol–water partition coefficient (Wildman–Crippen LogP) is 0.458. The van der Waals surface area contributed by atoms with Crippen LogP contribution in [0, 0.1) is 0 Å². The first kappa shape index (κ1) is 30.2. The molecule has 15 nitrogen and oxygen atoms in total. The molecule has 2 fully saturated rings. The molecule has 2 heterocycles. The van der Waals surface area contributed by atoms with Gasteiger partial charge in [-0.25, -0.2) is 19.2 Å². The van der Waals surface area contributed by atoms with E-state index in [1.54, 1.807) is 0 Å². The largest absolute Gasteiger partial charge is 0.506 e. The Labute approximate surface area is 216 Å². The minimum Gasteiger partial charge on any atom is -0.373 e. The standard InChI is InChI=1S/C16H18N4O11Si6/c1-7-32(17-13-21)25-33(8-2,18-14-22)28-37(12-6)30-35(10-4,20-16-24)26-34(9-3,19-15-23)29-36(11-5,27-32)31-37/h7-12H,1-6H2. The lowest BCUT2D eigenvalue weighted by atomic mass is 11.3. The van der Waals surface area contributed by atoms with Crippen molar-refractivity contribution in [3.63, 3.8) is 0 Å². The van der Waals surface area contributed by atoms with Gasteiger partial charge in [-0.3, -0.25) is 0 Å². The molecule has 2 saturated heterocycles. The quantitative estimate of drug-likeness (QED) is 0.190. The maximum atomic E-state index is 11.4. The highest BCUT2D eigenvalue weighted by Gasteiger charge is 2.71. The van der Waals surface area contributed by atoms with Gasteiger partial charge in [0.15, 0.2) is 0 Å². The summed E-state index contributed by atoms with van der Waals surface area (Å²) in [4.78, 5) is 45.5. The van der Waals surface area contributed by atoms with E-state index in [0.717, 1.165) is 34.2 Å². The van der Waals surface area contributed by atoms with E-state index in [1.165, 1.54) is 24.3 Å². The Morgan fingerprint density at radius 1 is 0.405 bits per heavy atom. The van der Waals surface area contributed by atoms with Crippen molar-refractivity contribution in [3.8, 4) is 0 Å².